The van der Waals surface area contributed by atoms with Crippen molar-refractivity contribution in [3.63, 3.8) is 0 Å². The summed E-state index contributed by atoms with van der Waals surface area (Å²) in [5.41, 5.74) is 3.57. The molecule has 0 saturated heterocycles. The molecular weight excluding hydrogens is 212 g/mol. The first-order chi connectivity index (χ1) is 8.24. The van der Waals surface area contributed by atoms with Gasteiger partial charge >= 0.3 is 0 Å². The van der Waals surface area contributed by atoms with E-state index >= 15 is 0 Å². The Kier molecular flexibility index (Phi) is 2.59. The number of hydrogen-bond donors (Lipinski definition) is 0. The quantitative estimate of drug-likeness (QED) is 0.788. The normalized spacial score (nSPS) is 16.6. The highest BCUT2D eigenvalue weighted by Crippen LogP contribution is 2.20. The summed E-state index contributed by atoms with van der Waals surface area (Å²) in [6.45, 7) is 7.85. The zero-order valence-corrected chi connectivity index (χ0v) is 10.4. The van der Waals surface area contributed by atoms with Gasteiger partial charge in [-0.3, -0.25) is 14.3 Å². The highest BCUT2D eigenvalue weighted by Gasteiger charge is 2.21. The van der Waals surface area contributed by atoms with Gasteiger partial charge in [0.1, 0.15) is 0 Å². The van der Waals surface area contributed by atoms with Crippen molar-refractivity contribution in [2.24, 2.45) is 5.92 Å². The molecule has 3 heterocycles. The van der Waals surface area contributed by atoms with E-state index in [2.05, 4.69) is 33.1 Å². The van der Waals surface area contributed by atoms with Crippen LogP contribution in [0.15, 0.2) is 18.6 Å². The molecule has 1 aliphatic rings. The summed E-state index contributed by atoms with van der Waals surface area (Å²) in [6.07, 6.45) is 6.74. The molecule has 17 heavy (non-hydrogen) atoms. The minimum atomic E-state index is 0.720. The van der Waals surface area contributed by atoms with Gasteiger partial charge in [0.05, 0.1) is 17.6 Å². The van der Waals surface area contributed by atoms with E-state index in [1.54, 1.807) is 0 Å². The number of nitrogens with zero attached hydrogens (tertiary/aromatic N) is 4. The van der Waals surface area contributed by atoms with Crippen molar-refractivity contribution in [2.45, 2.75) is 26.8 Å². The first kappa shape index (κ1) is 10.7. The molecule has 0 unspecified atom stereocenters. The predicted octanol–water partition coefficient (Wildman–Crippen LogP) is 1.74. The van der Waals surface area contributed by atoms with Crippen LogP contribution in [0.25, 0.3) is 5.65 Å². The number of hydrogen-bond acceptors (Lipinski definition) is 3. The maximum Gasteiger partial charge on any atom is 0.155 e. The zero-order chi connectivity index (χ0) is 11.8. The Morgan fingerprint density at radius 1 is 1.41 bits per heavy atom. The lowest BCUT2D eigenvalue weighted by Crippen LogP contribution is -2.33. The Labute approximate surface area is 101 Å². The Morgan fingerprint density at radius 2 is 2.29 bits per heavy atom. The zero-order valence-electron chi connectivity index (χ0n) is 10.4. The Morgan fingerprint density at radius 3 is 3.12 bits per heavy atom. The number of rotatable bonds is 2. The van der Waals surface area contributed by atoms with Crippen LogP contribution in [0.5, 0.6) is 0 Å². The summed E-state index contributed by atoms with van der Waals surface area (Å²) < 4.78 is 2.18. The van der Waals surface area contributed by atoms with Gasteiger partial charge in [0.2, 0.25) is 0 Å². The van der Waals surface area contributed by atoms with Crippen molar-refractivity contribution >= 4 is 5.65 Å². The predicted molar refractivity (Wildman–Crippen MR) is 66.8 cm³/mol. The van der Waals surface area contributed by atoms with Gasteiger partial charge in [-0.25, -0.2) is 4.98 Å². The minimum Gasteiger partial charge on any atom is -0.300 e. The van der Waals surface area contributed by atoms with Gasteiger partial charge in [0.25, 0.3) is 0 Å². The van der Waals surface area contributed by atoms with Crippen molar-refractivity contribution in [1.82, 2.24) is 19.3 Å². The molecule has 4 nitrogen and oxygen atoms in total. The van der Waals surface area contributed by atoms with Gasteiger partial charge in [0, 0.05) is 38.4 Å². The van der Waals surface area contributed by atoms with Gasteiger partial charge in [-0.05, 0) is 5.92 Å². The van der Waals surface area contributed by atoms with Crippen molar-refractivity contribution < 1.29 is 0 Å². The third-order valence-corrected chi connectivity index (χ3v) is 3.27. The summed E-state index contributed by atoms with van der Waals surface area (Å²) in [5.74, 6) is 0.720. The van der Waals surface area contributed by atoms with Crippen LogP contribution in [0.4, 0.5) is 0 Å². The fourth-order valence-electron chi connectivity index (χ4n) is 2.60. The third kappa shape index (κ3) is 1.93. The summed E-state index contributed by atoms with van der Waals surface area (Å²) in [7, 11) is 0. The van der Waals surface area contributed by atoms with E-state index in [0.717, 1.165) is 37.6 Å². The lowest BCUT2D eigenvalue weighted by Gasteiger charge is -2.27. The van der Waals surface area contributed by atoms with E-state index in [1.165, 1.54) is 11.4 Å². The van der Waals surface area contributed by atoms with Gasteiger partial charge in [-0.15, -0.1) is 0 Å². The van der Waals surface area contributed by atoms with E-state index < -0.39 is 0 Å². The van der Waals surface area contributed by atoms with Gasteiger partial charge < -0.3 is 0 Å². The molecule has 0 amide bonds. The van der Waals surface area contributed by atoms with Crippen molar-refractivity contribution in [2.75, 3.05) is 13.1 Å². The first-order valence-corrected chi connectivity index (χ1v) is 6.26. The molecule has 0 radical (unpaired) electrons. The second kappa shape index (κ2) is 4.11. The average molecular weight is 230 g/mol. The molecule has 0 spiro atoms. The molecule has 4 heteroatoms. The summed E-state index contributed by atoms with van der Waals surface area (Å²) >= 11 is 0. The summed E-state index contributed by atoms with van der Waals surface area (Å²) in [6, 6.07) is 0. The Balaban J connectivity index is 1.95. The topological polar surface area (TPSA) is 33.4 Å². The molecule has 0 fully saturated rings. The number of imidazole rings is 1. The van der Waals surface area contributed by atoms with Crippen LogP contribution >= 0.6 is 0 Å². The lowest BCUT2D eigenvalue weighted by atomic mass is 10.1. The highest BCUT2D eigenvalue weighted by molar-refractivity contribution is 5.41. The molecule has 0 aromatic carbocycles. The number of aromatic nitrogens is 3. The highest BCUT2D eigenvalue weighted by atomic mass is 15.2. The first-order valence-electron chi connectivity index (χ1n) is 6.26. The largest absolute Gasteiger partial charge is 0.300 e. The monoisotopic (exact) mass is 230 g/mol. The van der Waals surface area contributed by atoms with E-state index in [9.17, 15) is 0 Å². The van der Waals surface area contributed by atoms with Crippen LogP contribution in [-0.2, 0) is 13.0 Å². The third-order valence-electron chi connectivity index (χ3n) is 3.27. The molecule has 0 atom stereocenters. The van der Waals surface area contributed by atoms with Crippen LogP contribution in [0, 0.1) is 5.92 Å². The summed E-state index contributed by atoms with van der Waals surface area (Å²) in [4.78, 5) is 11.3. The molecule has 90 valence electrons. The van der Waals surface area contributed by atoms with Gasteiger partial charge in [-0.1, -0.05) is 13.8 Å². The number of fused-ring (bicyclic) bond motifs is 3. The fourth-order valence-corrected chi connectivity index (χ4v) is 2.60. The van der Waals surface area contributed by atoms with E-state index in [-0.39, 0.29) is 0 Å². The molecule has 1 aliphatic heterocycles. The molecule has 0 bridgehead atoms. The van der Waals surface area contributed by atoms with Crippen molar-refractivity contribution in [3.8, 4) is 0 Å². The van der Waals surface area contributed by atoms with Gasteiger partial charge in [-0.2, -0.15) is 0 Å². The molecule has 0 saturated carbocycles. The van der Waals surface area contributed by atoms with Crippen molar-refractivity contribution in [3.05, 3.63) is 30.0 Å². The minimum absolute atomic E-state index is 0.720. The Hall–Kier alpha value is -1.42. The molecule has 3 rings (SSSR count). The second-order valence-electron chi connectivity index (χ2n) is 5.19. The van der Waals surface area contributed by atoms with Crippen LogP contribution in [-0.4, -0.2) is 32.4 Å². The molecule has 2 aromatic heterocycles. The van der Waals surface area contributed by atoms with Crippen LogP contribution < -0.4 is 0 Å². The smallest absolute Gasteiger partial charge is 0.155 e. The van der Waals surface area contributed by atoms with Crippen LogP contribution in [0.3, 0.4) is 0 Å². The second-order valence-corrected chi connectivity index (χ2v) is 5.19. The van der Waals surface area contributed by atoms with E-state index in [1.807, 2.05) is 18.6 Å². The molecule has 2 aromatic rings. The van der Waals surface area contributed by atoms with E-state index in [0.29, 0.717) is 0 Å². The SMILES string of the molecule is CC(C)CN1CCc2nc3cnccn3c2C1. The maximum atomic E-state index is 4.64. The average Bonchev–Trinajstić information content (AvgIpc) is 2.66. The van der Waals surface area contributed by atoms with Gasteiger partial charge in [0.15, 0.2) is 5.65 Å². The lowest BCUT2D eigenvalue weighted by molar-refractivity contribution is 0.222. The molecular formula is C13H18N4. The van der Waals surface area contributed by atoms with Crippen LogP contribution in [0.1, 0.15) is 25.2 Å². The summed E-state index contributed by atoms with van der Waals surface area (Å²) in [5, 5.41) is 0. The Bertz CT molecular complexity index is 529. The van der Waals surface area contributed by atoms with Crippen molar-refractivity contribution in [1.29, 1.82) is 0 Å². The fraction of sp³-hybridized carbons (Fsp3) is 0.538. The standard InChI is InChI=1S/C13H18N4/c1-10(2)8-16-5-3-11-12(9-16)17-6-4-14-7-13(17)15-11/h4,6-7,10H,3,5,8-9H2,1-2H3. The van der Waals surface area contributed by atoms with E-state index in [4.69, 9.17) is 0 Å². The van der Waals surface area contributed by atoms with Crippen LogP contribution in [0.2, 0.25) is 0 Å². The molecule has 0 aliphatic carbocycles. The maximum absolute atomic E-state index is 4.64. The molecule has 0 N–H and O–H groups in total.